The predicted molar refractivity (Wildman–Crippen MR) is 145 cm³/mol. The third kappa shape index (κ3) is 4.08. The van der Waals surface area contributed by atoms with E-state index in [2.05, 4.69) is 47.7 Å². The van der Waals surface area contributed by atoms with Crippen molar-refractivity contribution in [1.29, 1.82) is 0 Å². The lowest BCUT2D eigenvalue weighted by Crippen LogP contribution is -2.68. The molecular weight excluding hydrogens is 448 g/mol. The molecule has 1 spiro atoms. The van der Waals surface area contributed by atoms with E-state index in [9.17, 15) is 0 Å². The number of rotatable bonds is 6. The summed E-state index contributed by atoms with van der Waals surface area (Å²) in [6.45, 7) is 12.0. The van der Waals surface area contributed by atoms with Gasteiger partial charge < -0.3 is 19.4 Å². The summed E-state index contributed by atoms with van der Waals surface area (Å²) >= 11 is 0. The van der Waals surface area contributed by atoms with E-state index in [1.807, 2.05) is 18.2 Å². The van der Waals surface area contributed by atoms with E-state index in [4.69, 9.17) is 14.5 Å². The highest BCUT2D eigenvalue weighted by Gasteiger charge is 2.54. The third-order valence-corrected chi connectivity index (χ3v) is 9.12. The molecular formula is C30H40N4O2. The van der Waals surface area contributed by atoms with Crippen LogP contribution in [0.4, 0.5) is 0 Å². The molecule has 1 aliphatic carbocycles. The molecule has 2 saturated heterocycles. The van der Waals surface area contributed by atoms with Crippen molar-refractivity contribution in [1.82, 2.24) is 19.8 Å². The molecule has 0 unspecified atom stereocenters. The van der Waals surface area contributed by atoms with Gasteiger partial charge in [0.25, 0.3) is 0 Å². The minimum Gasteiger partial charge on any atom is -0.493 e. The average Bonchev–Trinajstić information content (AvgIpc) is 3.27. The van der Waals surface area contributed by atoms with Crippen molar-refractivity contribution in [3.63, 3.8) is 0 Å². The maximum absolute atomic E-state index is 5.49. The Morgan fingerprint density at radius 3 is 2.39 bits per heavy atom. The standard InChI is InChI=1S/C30H40N4O2/c1-19(2)34-17-30(18-34)15-24(16-30)33-10-8-21(9-11-33)23-12-20(3)28-25(13-23)31-29(32-28)22-6-7-26(35-4)27(14-22)36-5/h6-7,12-14,19,21,24H,8-11,15-18H2,1-5H3,(H,31,32). The molecule has 0 amide bonds. The van der Waals surface area contributed by atoms with E-state index in [0.29, 0.717) is 23.1 Å². The maximum Gasteiger partial charge on any atom is 0.161 e. The summed E-state index contributed by atoms with van der Waals surface area (Å²) in [4.78, 5) is 13.9. The predicted octanol–water partition coefficient (Wildman–Crippen LogP) is 5.61. The van der Waals surface area contributed by atoms with Gasteiger partial charge in [0.05, 0.1) is 25.3 Å². The van der Waals surface area contributed by atoms with Gasteiger partial charge >= 0.3 is 0 Å². The smallest absolute Gasteiger partial charge is 0.161 e. The summed E-state index contributed by atoms with van der Waals surface area (Å²) in [6, 6.07) is 12.2. The molecule has 1 aromatic heterocycles. The summed E-state index contributed by atoms with van der Waals surface area (Å²) in [7, 11) is 3.32. The topological polar surface area (TPSA) is 53.6 Å². The van der Waals surface area contributed by atoms with Crippen LogP contribution in [0.25, 0.3) is 22.4 Å². The number of hydrogen-bond acceptors (Lipinski definition) is 5. The first-order valence-electron chi connectivity index (χ1n) is 13.6. The van der Waals surface area contributed by atoms with Crippen molar-refractivity contribution < 1.29 is 9.47 Å². The Kier molecular flexibility index (Phi) is 6.00. The van der Waals surface area contributed by atoms with E-state index in [1.165, 1.54) is 63.0 Å². The summed E-state index contributed by atoms with van der Waals surface area (Å²) in [5.41, 5.74) is 6.53. The van der Waals surface area contributed by atoms with Gasteiger partial charge in [-0.15, -0.1) is 0 Å². The average molecular weight is 489 g/mol. The first-order valence-corrected chi connectivity index (χ1v) is 13.6. The second-order valence-electron chi connectivity index (χ2n) is 11.8. The van der Waals surface area contributed by atoms with E-state index in [-0.39, 0.29) is 0 Å². The highest BCUT2D eigenvalue weighted by molar-refractivity contribution is 5.83. The molecule has 0 radical (unpaired) electrons. The molecule has 6 rings (SSSR count). The number of aryl methyl sites for hydroxylation is 1. The molecule has 3 fully saturated rings. The number of ether oxygens (including phenoxy) is 2. The molecule has 0 bridgehead atoms. The van der Waals surface area contributed by atoms with Crippen LogP contribution in [-0.2, 0) is 0 Å². The van der Waals surface area contributed by atoms with Gasteiger partial charge in [-0.2, -0.15) is 0 Å². The lowest BCUT2D eigenvalue weighted by molar-refractivity contribution is -0.122. The lowest BCUT2D eigenvalue weighted by Gasteiger charge is -2.62. The van der Waals surface area contributed by atoms with Gasteiger partial charge in [-0.3, -0.25) is 4.90 Å². The van der Waals surface area contributed by atoms with Crippen LogP contribution in [0.5, 0.6) is 11.5 Å². The number of H-pyrrole nitrogens is 1. The fourth-order valence-corrected chi connectivity index (χ4v) is 6.91. The van der Waals surface area contributed by atoms with Gasteiger partial charge in [0.2, 0.25) is 0 Å². The number of piperidine rings is 1. The summed E-state index contributed by atoms with van der Waals surface area (Å²) < 4.78 is 10.9. The Morgan fingerprint density at radius 2 is 1.72 bits per heavy atom. The van der Waals surface area contributed by atoms with Crippen molar-refractivity contribution in [2.75, 3.05) is 40.4 Å². The van der Waals surface area contributed by atoms with Crippen molar-refractivity contribution in [3.05, 3.63) is 41.5 Å². The van der Waals surface area contributed by atoms with Gasteiger partial charge in [0, 0.05) is 30.7 Å². The summed E-state index contributed by atoms with van der Waals surface area (Å²) in [6.07, 6.45) is 5.34. The van der Waals surface area contributed by atoms with Crippen LogP contribution < -0.4 is 9.47 Å². The molecule has 6 heteroatoms. The highest BCUT2D eigenvalue weighted by atomic mass is 16.5. The Balaban J connectivity index is 1.12. The zero-order chi connectivity index (χ0) is 25.0. The molecule has 1 N–H and O–H groups in total. The van der Waals surface area contributed by atoms with Gasteiger partial charge in [-0.25, -0.2) is 4.98 Å². The van der Waals surface area contributed by atoms with Crippen molar-refractivity contribution in [3.8, 4) is 22.9 Å². The molecule has 3 heterocycles. The zero-order valence-electron chi connectivity index (χ0n) is 22.4. The number of fused-ring (bicyclic) bond motifs is 1. The quantitative estimate of drug-likeness (QED) is 0.489. The molecule has 1 saturated carbocycles. The minimum atomic E-state index is 0.631. The number of nitrogens with one attached hydrogen (secondary N) is 1. The Bertz CT molecular complexity index is 1240. The Hall–Kier alpha value is -2.57. The van der Waals surface area contributed by atoms with Crippen LogP contribution in [0, 0.1) is 12.3 Å². The number of nitrogens with zero attached hydrogens (tertiary/aromatic N) is 3. The molecule has 0 atom stereocenters. The van der Waals surface area contributed by atoms with E-state index >= 15 is 0 Å². The number of aromatic amines is 1. The maximum atomic E-state index is 5.49. The van der Waals surface area contributed by atoms with Crippen molar-refractivity contribution in [2.45, 2.75) is 64.5 Å². The van der Waals surface area contributed by atoms with Crippen LogP contribution in [-0.4, -0.2) is 72.3 Å². The number of benzene rings is 2. The van der Waals surface area contributed by atoms with Crippen LogP contribution in [0.2, 0.25) is 0 Å². The summed E-state index contributed by atoms with van der Waals surface area (Å²) in [5, 5.41) is 0. The van der Waals surface area contributed by atoms with Gasteiger partial charge in [-0.05, 0) is 106 Å². The van der Waals surface area contributed by atoms with E-state index < -0.39 is 0 Å². The molecule has 36 heavy (non-hydrogen) atoms. The first kappa shape index (κ1) is 23.8. The molecule has 3 aliphatic rings. The fraction of sp³-hybridized carbons (Fsp3) is 0.567. The first-order chi connectivity index (χ1) is 17.4. The fourth-order valence-electron chi connectivity index (χ4n) is 6.91. The second kappa shape index (κ2) is 9.07. The molecule has 192 valence electrons. The number of aromatic nitrogens is 2. The normalized spacial score (nSPS) is 21.2. The van der Waals surface area contributed by atoms with Gasteiger partial charge in [0.15, 0.2) is 11.5 Å². The largest absolute Gasteiger partial charge is 0.493 e. The van der Waals surface area contributed by atoms with Gasteiger partial charge in [0.1, 0.15) is 5.82 Å². The second-order valence-corrected chi connectivity index (χ2v) is 11.8. The van der Waals surface area contributed by atoms with Crippen LogP contribution in [0.3, 0.4) is 0 Å². The monoisotopic (exact) mass is 488 g/mol. The Morgan fingerprint density at radius 1 is 1.00 bits per heavy atom. The molecule has 2 aliphatic heterocycles. The summed E-state index contributed by atoms with van der Waals surface area (Å²) in [5.74, 6) is 2.94. The highest BCUT2D eigenvalue weighted by Crippen LogP contribution is 2.51. The van der Waals surface area contributed by atoms with Crippen LogP contribution in [0.15, 0.2) is 30.3 Å². The third-order valence-electron chi connectivity index (χ3n) is 9.12. The van der Waals surface area contributed by atoms with Crippen molar-refractivity contribution >= 4 is 11.0 Å². The zero-order valence-corrected chi connectivity index (χ0v) is 22.4. The van der Waals surface area contributed by atoms with Gasteiger partial charge in [-0.1, -0.05) is 6.07 Å². The molecule has 2 aromatic carbocycles. The van der Waals surface area contributed by atoms with Crippen LogP contribution >= 0.6 is 0 Å². The SMILES string of the molecule is COc1ccc(-c2nc3c(C)cc(C4CCN(C5CC6(C5)CN(C(C)C)C6)CC4)cc3[nH]2)cc1OC. The number of hydrogen-bond donors (Lipinski definition) is 1. The minimum absolute atomic E-state index is 0.631. The van der Waals surface area contributed by atoms with E-state index in [1.54, 1.807) is 14.2 Å². The van der Waals surface area contributed by atoms with Crippen molar-refractivity contribution in [2.24, 2.45) is 5.41 Å². The Labute approximate surface area is 215 Å². The van der Waals surface area contributed by atoms with E-state index in [0.717, 1.165) is 34.2 Å². The number of likely N-dealkylation sites (tertiary alicyclic amines) is 2. The molecule has 3 aromatic rings. The number of methoxy groups -OCH3 is 2. The molecule has 6 nitrogen and oxygen atoms in total. The number of imidazole rings is 1. The lowest BCUT2D eigenvalue weighted by atomic mass is 9.59. The van der Waals surface area contributed by atoms with Crippen LogP contribution in [0.1, 0.15) is 56.6 Å².